The zero-order valence-electron chi connectivity index (χ0n) is 13.7. The van der Waals surface area contributed by atoms with E-state index in [1.165, 1.54) is 4.70 Å². The Balaban J connectivity index is 1.49. The van der Waals surface area contributed by atoms with Crippen LogP contribution in [-0.2, 0) is 4.79 Å². The van der Waals surface area contributed by atoms with E-state index >= 15 is 0 Å². The van der Waals surface area contributed by atoms with E-state index < -0.39 is 0 Å². The van der Waals surface area contributed by atoms with Gasteiger partial charge in [0, 0.05) is 13.0 Å². The predicted molar refractivity (Wildman–Crippen MR) is 93.4 cm³/mol. The molecule has 23 heavy (non-hydrogen) atoms. The van der Waals surface area contributed by atoms with Gasteiger partial charge < -0.3 is 10.2 Å². The fourth-order valence-electron chi connectivity index (χ4n) is 3.85. The van der Waals surface area contributed by atoms with Crippen molar-refractivity contribution in [2.75, 3.05) is 20.1 Å². The van der Waals surface area contributed by atoms with Crippen molar-refractivity contribution in [3.05, 3.63) is 29.3 Å². The second-order valence-electron chi connectivity index (χ2n) is 7.01. The third kappa shape index (κ3) is 2.56. The average molecular weight is 329 g/mol. The summed E-state index contributed by atoms with van der Waals surface area (Å²) in [4.78, 5) is 19.5. The molecule has 4 rings (SSSR count). The third-order valence-corrected chi connectivity index (χ3v) is 6.89. The Labute approximate surface area is 140 Å². The number of hydrogen-bond donors (Lipinski definition) is 1. The van der Waals surface area contributed by atoms with Gasteiger partial charge in [0.05, 0.1) is 16.3 Å². The highest BCUT2D eigenvalue weighted by molar-refractivity contribution is 7.18. The first-order valence-electron chi connectivity index (χ1n) is 8.44. The molecule has 1 aliphatic heterocycles. The number of aromatic nitrogens is 1. The largest absolute Gasteiger partial charge is 0.336 e. The Morgan fingerprint density at radius 2 is 2.13 bits per heavy atom. The van der Waals surface area contributed by atoms with Gasteiger partial charge in [-0.3, -0.25) is 4.79 Å². The van der Waals surface area contributed by atoms with Crippen molar-refractivity contribution < 1.29 is 4.79 Å². The van der Waals surface area contributed by atoms with Gasteiger partial charge in [-0.2, -0.15) is 0 Å². The van der Waals surface area contributed by atoms with Gasteiger partial charge in [-0.05, 0) is 56.8 Å². The van der Waals surface area contributed by atoms with Gasteiger partial charge in [-0.25, -0.2) is 4.98 Å². The molecule has 1 saturated heterocycles. The van der Waals surface area contributed by atoms with Crippen LogP contribution in [0.4, 0.5) is 0 Å². The quantitative estimate of drug-likeness (QED) is 0.940. The molecule has 2 heterocycles. The first-order chi connectivity index (χ1) is 11.1. The second-order valence-corrected chi connectivity index (χ2v) is 8.08. The van der Waals surface area contributed by atoms with Crippen LogP contribution in [0.2, 0.25) is 0 Å². The third-order valence-electron chi connectivity index (χ3n) is 5.68. The van der Waals surface area contributed by atoms with Crippen LogP contribution in [0.1, 0.15) is 37.2 Å². The van der Waals surface area contributed by atoms with E-state index in [0.29, 0.717) is 11.3 Å². The molecule has 2 aromatic rings. The Morgan fingerprint density at radius 1 is 1.39 bits per heavy atom. The SMILES string of the molecule is CC(c1nc2ccccc2s1)N(C)C(=O)C1CC12CCNCC2. The molecule has 0 bridgehead atoms. The van der Waals surface area contributed by atoms with Gasteiger partial charge in [0.25, 0.3) is 0 Å². The van der Waals surface area contributed by atoms with Crippen molar-refractivity contribution in [2.45, 2.75) is 32.2 Å². The van der Waals surface area contributed by atoms with Crippen molar-refractivity contribution in [2.24, 2.45) is 11.3 Å². The number of nitrogens with zero attached hydrogens (tertiary/aromatic N) is 2. The molecule has 0 radical (unpaired) electrons. The van der Waals surface area contributed by atoms with Crippen LogP contribution in [0.3, 0.4) is 0 Å². The summed E-state index contributed by atoms with van der Waals surface area (Å²) >= 11 is 1.70. The summed E-state index contributed by atoms with van der Waals surface area (Å²) in [5.41, 5.74) is 1.32. The number of carbonyl (C=O) groups excluding carboxylic acids is 1. The van der Waals surface area contributed by atoms with Crippen molar-refractivity contribution in [3.63, 3.8) is 0 Å². The van der Waals surface area contributed by atoms with E-state index in [0.717, 1.165) is 42.9 Å². The van der Waals surface area contributed by atoms with Gasteiger partial charge in [0.15, 0.2) is 0 Å². The maximum absolute atomic E-state index is 12.9. The van der Waals surface area contributed by atoms with E-state index in [9.17, 15) is 4.79 Å². The van der Waals surface area contributed by atoms with Crippen LogP contribution in [-0.4, -0.2) is 35.9 Å². The van der Waals surface area contributed by atoms with Gasteiger partial charge in [0.1, 0.15) is 5.01 Å². The van der Waals surface area contributed by atoms with E-state index in [2.05, 4.69) is 18.3 Å². The minimum atomic E-state index is 0.0410. The Hall–Kier alpha value is -1.46. The highest BCUT2D eigenvalue weighted by Gasteiger charge is 2.58. The fraction of sp³-hybridized carbons (Fsp3) is 0.556. The summed E-state index contributed by atoms with van der Waals surface area (Å²) < 4.78 is 1.19. The van der Waals surface area contributed by atoms with E-state index in [4.69, 9.17) is 4.98 Å². The Kier molecular flexibility index (Phi) is 3.65. The lowest BCUT2D eigenvalue weighted by atomic mass is 9.91. The summed E-state index contributed by atoms with van der Waals surface area (Å²) in [5.74, 6) is 0.532. The van der Waals surface area contributed by atoms with Crippen molar-refractivity contribution >= 4 is 27.5 Å². The second kappa shape index (κ2) is 5.56. The molecular weight excluding hydrogens is 306 g/mol. The van der Waals surface area contributed by atoms with Gasteiger partial charge in [-0.15, -0.1) is 11.3 Å². The first kappa shape index (κ1) is 15.1. The minimum absolute atomic E-state index is 0.0410. The van der Waals surface area contributed by atoms with Crippen LogP contribution in [0.15, 0.2) is 24.3 Å². The molecule has 1 amide bonds. The molecule has 1 spiro atoms. The van der Waals surface area contributed by atoms with Crippen LogP contribution in [0.25, 0.3) is 10.2 Å². The lowest BCUT2D eigenvalue weighted by molar-refractivity contribution is -0.134. The summed E-state index contributed by atoms with van der Waals surface area (Å²) in [6.45, 7) is 4.20. The molecule has 1 aromatic carbocycles. The topological polar surface area (TPSA) is 45.2 Å². The molecule has 2 aliphatic rings. The van der Waals surface area contributed by atoms with Crippen molar-refractivity contribution in [1.29, 1.82) is 0 Å². The van der Waals surface area contributed by atoms with Gasteiger partial charge >= 0.3 is 0 Å². The number of amides is 1. The number of fused-ring (bicyclic) bond motifs is 1. The number of para-hydroxylation sites is 1. The molecule has 1 aliphatic carbocycles. The summed E-state index contributed by atoms with van der Waals surface area (Å²) in [6.07, 6.45) is 3.37. The molecule has 4 nitrogen and oxygen atoms in total. The summed E-state index contributed by atoms with van der Waals surface area (Å²) in [5, 5.41) is 4.43. The van der Waals surface area contributed by atoms with Crippen LogP contribution in [0.5, 0.6) is 0 Å². The number of piperidine rings is 1. The number of rotatable bonds is 3. The Bertz CT molecular complexity index is 702. The van der Waals surface area contributed by atoms with Crippen LogP contribution in [0, 0.1) is 11.3 Å². The molecule has 2 fully saturated rings. The number of carbonyl (C=O) groups is 1. The number of benzene rings is 1. The number of thiazole rings is 1. The molecule has 2 atom stereocenters. The highest BCUT2D eigenvalue weighted by Crippen LogP contribution is 2.59. The molecule has 5 heteroatoms. The van der Waals surface area contributed by atoms with Gasteiger partial charge in [0.2, 0.25) is 5.91 Å². The standard InChI is InChI=1S/C18H23N3OS/c1-12(16-20-14-5-3-4-6-15(14)23-16)21(2)17(22)13-11-18(13)7-9-19-10-8-18/h3-6,12-13,19H,7-11H2,1-2H3. The monoisotopic (exact) mass is 329 g/mol. The van der Waals surface area contributed by atoms with Gasteiger partial charge in [-0.1, -0.05) is 12.1 Å². The smallest absolute Gasteiger partial charge is 0.226 e. The normalized spacial score (nSPS) is 23.8. The molecule has 122 valence electrons. The average Bonchev–Trinajstić information content (AvgIpc) is 3.08. The zero-order valence-corrected chi connectivity index (χ0v) is 14.5. The summed E-state index contributed by atoms with van der Waals surface area (Å²) in [7, 11) is 1.94. The van der Waals surface area contributed by atoms with Crippen LogP contribution >= 0.6 is 11.3 Å². The number of nitrogens with one attached hydrogen (secondary N) is 1. The zero-order chi connectivity index (χ0) is 16.0. The molecule has 1 saturated carbocycles. The van der Waals surface area contributed by atoms with E-state index in [1.807, 2.05) is 30.1 Å². The fourth-order valence-corrected chi connectivity index (χ4v) is 4.91. The summed E-state index contributed by atoms with van der Waals surface area (Å²) in [6, 6.07) is 8.22. The molecular formula is C18H23N3OS. The predicted octanol–water partition coefficient (Wildman–Crippen LogP) is 3.21. The lowest BCUT2D eigenvalue weighted by Gasteiger charge is -2.27. The van der Waals surface area contributed by atoms with Crippen LogP contribution < -0.4 is 5.32 Å². The first-order valence-corrected chi connectivity index (χ1v) is 9.25. The van der Waals surface area contributed by atoms with E-state index in [1.54, 1.807) is 11.3 Å². The molecule has 2 unspecified atom stereocenters. The number of hydrogen-bond acceptors (Lipinski definition) is 4. The lowest BCUT2D eigenvalue weighted by Crippen LogP contribution is -2.35. The van der Waals surface area contributed by atoms with Crippen molar-refractivity contribution in [3.8, 4) is 0 Å². The minimum Gasteiger partial charge on any atom is -0.336 e. The maximum atomic E-state index is 12.9. The molecule has 1 aromatic heterocycles. The van der Waals surface area contributed by atoms with E-state index in [-0.39, 0.29) is 12.0 Å². The Morgan fingerprint density at radius 3 is 2.87 bits per heavy atom. The molecule has 1 N–H and O–H groups in total. The maximum Gasteiger partial charge on any atom is 0.226 e. The van der Waals surface area contributed by atoms with Crippen molar-refractivity contribution in [1.82, 2.24) is 15.2 Å². The highest BCUT2D eigenvalue weighted by atomic mass is 32.1.